The van der Waals surface area contributed by atoms with Gasteiger partial charge in [-0.15, -0.1) is 11.3 Å². The first-order chi connectivity index (χ1) is 12.1. The standard InChI is InChI=1S/C20H19NO3S/c1-14(15-8-4-3-5-9-15)21(2)19(22)13-24-20(23)18-12-16-10-6-7-11-17(16)25-18/h3-12,14H,13H2,1-2H3/t14-/m0/s1. The number of thiophene rings is 1. The largest absolute Gasteiger partial charge is 0.451 e. The number of hydrogen-bond donors (Lipinski definition) is 0. The Morgan fingerprint density at radius 1 is 1.08 bits per heavy atom. The highest BCUT2D eigenvalue weighted by atomic mass is 32.1. The van der Waals surface area contributed by atoms with Crippen LogP contribution in [0.3, 0.4) is 0 Å². The van der Waals surface area contributed by atoms with Gasteiger partial charge in [-0.2, -0.15) is 0 Å². The van der Waals surface area contributed by atoms with Gasteiger partial charge in [0.1, 0.15) is 4.88 Å². The summed E-state index contributed by atoms with van der Waals surface area (Å²) in [5.74, 6) is -0.693. The molecule has 0 aliphatic rings. The maximum absolute atomic E-state index is 12.3. The molecule has 3 aromatic rings. The van der Waals surface area contributed by atoms with E-state index in [1.807, 2.05) is 61.5 Å². The Kier molecular flexibility index (Phi) is 5.14. The molecule has 0 unspecified atom stereocenters. The molecule has 0 saturated carbocycles. The summed E-state index contributed by atoms with van der Waals surface area (Å²) >= 11 is 1.37. The van der Waals surface area contributed by atoms with Gasteiger partial charge in [0.25, 0.3) is 5.91 Å². The van der Waals surface area contributed by atoms with Crippen molar-refractivity contribution in [2.24, 2.45) is 0 Å². The second-order valence-corrected chi connectivity index (χ2v) is 6.90. The van der Waals surface area contributed by atoms with Crippen molar-refractivity contribution in [1.29, 1.82) is 0 Å². The fraction of sp³-hybridized carbons (Fsp3) is 0.200. The van der Waals surface area contributed by atoms with Gasteiger partial charge in [0.05, 0.1) is 6.04 Å². The first-order valence-electron chi connectivity index (χ1n) is 8.02. The van der Waals surface area contributed by atoms with Crippen molar-refractivity contribution in [2.45, 2.75) is 13.0 Å². The Morgan fingerprint density at radius 2 is 1.76 bits per heavy atom. The molecule has 0 aliphatic heterocycles. The number of ether oxygens (including phenoxy) is 1. The van der Waals surface area contributed by atoms with E-state index in [0.29, 0.717) is 4.88 Å². The lowest BCUT2D eigenvalue weighted by atomic mass is 10.1. The number of likely N-dealkylation sites (N-methyl/N-ethyl adjacent to an activating group) is 1. The molecule has 0 fully saturated rings. The molecule has 25 heavy (non-hydrogen) atoms. The van der Waals surface area contributed by atoms with E-state index in [0.717, 1.165) is 15.6 Å². The highest BCUT2D eigenvalue weighted by molar-refractivity contribution is 7.20. The SMILES string of the molecule is C[C@@H](c1ccccc1)N(C)C(=O)COC(=O)c1cc2ccccc2s1. The van der Waals surface area contributed by atoms with Crippen molar-refractivity contribution in [1.82, 2.24) is 4.90 Å². The predicted octanol–water partition coefficient (Wildman–Crippen LogP) is 4.28. The highest BCUT2D eigenvalue weighted by Crippen LogP contribution is 2.26. The number of rotatable bonds is 5. The molecule has 0 aliphatic carbocycles. The van der Waals surface area contributed by atoms with E-state index in [-0.39, 0.29) is 18.6 Å². The Hall–Kier alpha value is -2.66. The van der Waals surface area contributed by atoms with Crippen molar-refractivity contribution in [3.8, 4) is 0 Å². The molecule has 128 valence electrons. The third kappa shape index (κ3) is 3.88. The van der Waals surface area contributed by atoms with Crippen molar-refractivity contribution >= 4 is 33.3 Å². The van der Waals surface area contributed by atoms with Crippen LogP contribution >= 0.6 is 11.3 Å². The van der Waals surface area contributed by atoms with Crippen LogP contribution < -0.4 is 0 Å². The second-order valence-electron chi connectivity index (χ2n) is 5.82. The molecule has 1 amide bonds. The smallest absolute Gasteiger partial charge is 0.348 e. The van der Waals surface area contributed by atoms with E-state index in [4.69, 9.17) is 4.74 Å². The minimum Gasteiger partial charge on any atom is -0.451 e. The fourth-order valence-electron chi connectivity index (χ4n) is 2.55. The molecule has 0 bridgehead atoms. The van der Waals surface area contributed by atoms with Gasteiger partial charge in [-0.3, -0.25) is 4.79 Å². The minimum absolute atomic E-state index is 0.0864. The zero-order valence-electron chi connectivity index (χ0n) is 14.1. The van der Waals surface area contributed by atoms with Gasteiger partial charge in [-0.1, -0.05) is 48.5 Å². The molecule has 1 atom stereocenters. The summed E-state index contributed by atoms with van der Waals surface area (Å²) in [6.07, 6.45) is 0. The molecular weight excluding hydrogens is 334 g/mol. The number of nitrogens with zero attached hydrogens (tertiary/aromatic N) is 1. The number of fused-ring (bicyclic) bond motifs is 1. The molecule has 5 heteroatoms. The third-order valence-corrected chi connectivity index (χ3v) is 5.31. The van der Waals surface area contributed by atoms with E-state index < -0.39 is 5.97 Å². The normalized spacial score (nSPS) is 11.9. The number of carbonyl (C=O) groups excluding carboxylic acids is 2. The van der Waals surface area contributed by atoms with E-state index >= 15 is 0 Å². The number of hydrogen-bond acceptors (Lipinski definition) is 4. The summed E-state index contributed by atoms with van der Waals surface area (Å²) in [4.78, 5) is 26.6. The van der Waals surface area contributed by atoms with Gasteiger partial charge in [0, 0.05) is 11.7 Å². The zero-order chi connectivity index (χ0) is 17.8. The van der Waals surface area contributed by atoms with Gasteiger partial charge in [-0.05, 0) is 30.0 Å². The second kappa shape index (κ2) is 7.49. The van der Waals surface area contributed by atoms with Crippen molar-refractivity contribution in [3.05, 3.63) is 71.1 Å². The summed E-state index contributed by atoms with van der Waals surface area (Å²) in [6.45, 7) is 1.68. The number of amides is 1. The highest BCUT2D eigenvalue weighted by Gasteiger charge is 2.19. The van der Waals surface area contributed by atoms with Crippen LogP contribution in [0.2, 0.25) is 0 Å². The van der Waals surface area contributed by atoms with Crippen molar-refractivity contribution < 1.29 is 14.3 Å². The molecule has 0 radical (unpaired) electrons. The van der Waals surface area contributed by atoms with E-state index in [1.165, 1.54) is 11.3 Å². The molecule has 1 heterocycles. The number of esters is 1. The topological polar surface area (TPSA) is 46.6 Å². The van der Waals surface area contributed by atoms with E-state index in [9.17, 15) is 9.59 Å². The van der Waals surface area contributed by atoms with Crippen LogP contribution in [0.15, 0.2) is 60.7 Å². The Balaban J connectivity index is 1.60. The molecule has 1 aromatic heterocycles. The monoisotopic (exact) mass is 353 g/mol. The lowest BCUT2D eigenvalue weighted by Gasteiger charge is -2.25. The lowest BCUT2D eigenvalue weighted by molar-refractivity contribution is -0.135. The predicted molar refractivity (Wildman–Crippen MR) is 99.7 cm³/mol. The maximum atomic E-state index is 12.3. The lowest BCUT2D eigenvalue weighted by Crippen LogP contribution is -2.33. The summed E-state index contributed by atoms with van der Waals surface area (Å²) in [6, 6.07) is 19.2. The van der Waals surface area contributed by atoms with Crippen LogP contribution in [0.25, 0.3) is 10.1 Å². The number of benzene rings is 2. The summed E-state index contributed by atoms with van der Waals surface area (Å²) < 4.78 is 6.23. The molecule has 0 spiro atoms. The van der Waals surface area contributed by atoms with E-state index in [2.05, 4.69) is 0 Å². The molecule has 0 N–H and O–H groups in total. The van der Waals surface area contributed by atoms with Crippen LogP contribution in [-0.2, 0) is 9.53 Å². The zero-order valence-corrected chi connectivity index (χ0v) is 15.0. The third-order valence-electron chi connectivity index (χ3n) is 4.21. The van der Waals surface area contributed by atoms with Gasteiger partial charge in [-0.25, -0.2) is 4.79 Å². The summed E-state index contributed by atoms with van der Waals surface area (Å²) in [5, 5.41) is 1.00. The molecule has 4 nitrogen and oxygen atoms in total. The first kappa shape index (κ1) is 17.2. The van der Waals surface area contributed by atoms with Crippen molar-refractivity contribution in [3.63, 3.8) is 0 Å². The molecule has 2 aromatic carbocycles. The van der Waals surface area contributed by atoms with Gasteiger partial charge in [0.2, 0.25) is 0 Å². The fourth-order valence-corrected chi connectivity index (χ4v) is 3.51. The quantitative estimate of drug-likeness (QED) is 0.643. The molecule has 3 rings (SSSR count). The van der Waals surface area contributed by atoms with E-state index in [1.54, 1.807) is 18.0 Å². The molecular formula is C20H19NO3S. The maximum Gasteiger partial charge on any atom is 0.348 e. The van der Waals surface area contributed by atoms with Crippen LogP contribution in [0.4, 0.5) is 0 Å². The molecule has 0 saturated heterocycles. The van der Waals surface area contributed by atoms with Crippen LogP contribution in [0, 0.1) is 0 Å². The van der Waals surface area contributed by atoms with Gasteiger partial charge < -0.3 is 9.64 Å². The summed E-state index contributed by atoms with van der Waals surface area (Å²) in [7, 11) is 1.72. The van der Waals surface area contributed by atoms with Gasteiger partial charge >= 0.3 is 5.97 Å². The van der Waals surface area contributed by atoms with Crippen LogP contribution in [0.1, 0.15) is 28.2 Å². The minimum atomic E-state index is -0.463. The Bertz CT molecular complexity index is 855. The summed E-state index contributed by atoms with van der Waals surface area (Å²) in [5.41, 5.74) is 1.04. The Morgan fingerprint density at radius 3 is 2.48 bits per heavy atom. The van der Waals surface area contributed by atoms with Crippen molar-refractivity contribution in [2.75, 3.05) is 13.7 Å². The number of carbonyl (C=O) groups is 2. The van der Waals surface area contributed by atoms with Gasteiger partial charge in [0.15, 0.2) is 6.61 Å². The van der Waals surface area contributed by atoms with Crippen LogP contribution in [0.5, 0.6) is 0 Å². The Labute approximate surface area is 150 Å². The average molecular weight is 353 g/mol. The first-order valence-corrected chi connectivity index (χ1v) is 8.84. The average Bonchev–Trinajstić information content (AvgIpc) is 3.09. The van der Waals surface area contributed by atoms with Crippen LogP contribution in [-0.4, -0.2) is 30.4 Å².